The summed E-state index contributed by atoms with van der Waals surface area (Å²) in [5.74, 6) is -8.78. The van der Waals surface area contributed by atoms with Crippen molar-refractivity contribution in [1.29, 1.82) is 0 Å². The van der Waals surface area contributed by atoms with Gasteiger partial charge in [-0.3, -0.25) is 9.59 Å². The fourth-order valence-electron chi connectivity index (χ4n) is 4.57. The van der Waals surface area contributed by atoms with Crippen LogP contribution in [-0.2, 0) is 10.7 Å². The van der Waals surface area contributed by atoms with Crippen molar-refractivity contribution in [2.24, 2.45) is 0 Å². The molecule has 3 atom stereocenters. The van der Waals surface area contributed by atoms with Gasteiger partial charge in [-0.15, -0.1) is 0 Å². The maximum atomic E-state index is 15.2. The number of halogens is 4. The number of fused-ring (bicyclic) bond motifs is 2. The quantitative estimate of drug-likeness (QED) is 0.551. The first-order valence-electron chi connectivity index (χ1n) is 10.2. The second-order valence-corrected chi connectivity index (χ2v) is 8.27. The van der Waals surface area contributed by atoms with E-state index in [0.29, 0.717) is 30.7 Å². The van der Waals surface area contributed by atoms with Crippen molar-refractivity contribution in [2.45, 2.75) is 56.7 Å². The van der Waals surface area contributed by atoms with Gasteiger partial charge in [-0.2, -0.15) is 13.2 Å². The largest absolute Gasteiger partial charge is 0.393 e. The first-order chi connectivity index (χ1) is 15.1. The molecule has 1 aromatic heterocycles. The van der Waals surface area contributed by atoms with E-state index < -0.39 is 53.3 Å². The number of aliphatic hydroxyl groups is 1. The number of nitrogens with zero attached hydrogens (tertiary/aromatic N) is 2. The van der Waals surface area contributed by atoms with Crippen LogP contribution in [0, 0.1) is 18.7 Å². The van der Waals surface area contributed by atoms with Crippen LogP contribution in [0.3, 0.4) is 0 Å². The van der Waals surface area contributed by atoms with Gasteiger partial charge in [0.25, 0.3) is 11.8 Å². The van der Waals surface area contributed by atoms with Gasteiger partial charge in [-0.1, -0.05) is 0 Å². The van der Waals surface area contributed by atoms with E-state index in [-0.39, 0.29) is 24.1 Å². The monoisotopic (exact) mass is 451 g/mol. The molecular formula is C22H21F4N3O3. The van der Waals surface area contributed by atoms with Gasteiger partial charge in [0.1, 0.15) is 5.82 Å². The van der Waals surface area contributed by atoms with E-state index >= 15 is 8.78 Å². The second kappa shape index (κ2) is 8.16. The molecule has 0 radical (unpaired) electrons. The highest BCUT2D eigenvalue weighted by Crippen LogP contribution is 2.41. The number of anilines is 1. The molecule has 0 spiro atoms. The third kappa shape index (κ3) is 4.06. The van der Waals surface area contributed by atoms with Crippen molar-refractivity contribution in [2.75, 3.05) is 5.32 Å². The zero-order valence-corrected chi connectivity index (χ0v) is 17.1. The highest BCUT2D eigenvalue weighted by atomic mass is 19.3. The number of piperidine rings is 1. The fourth-order valence-corrected chi connectivity index (χ4v) is 4.57. The molecule has 0 aliphatic carbocycles. The Bertz CT molecular complexity index is 1040. The predicted octanol–water partition coefficient (Wildman–Crippen LogP) is 3.53. The van der Waals surface area contributed by atoms with Gasteiger partial charge in [-0.25, -0.2) is 9.37 Å². The molecule has 10 heteroatoms. The standard InChI is InChI=1S/C22H21F4N3O3/c1-11-6-13(8-19(24)27-11)28-20(31)12-2-5-18(23)17(7-12)22(25,26)21(32)29-14-3-4-15(29)10-16(30)9-14/h2,5-8,14-16,30H,3-4,9-10H2,1H3,(H,27,28,31)/t14-,15+,16-. The number of amides is 2. The zero-order chi connectivity index (χ0) is 23.2. The lowest BCUT2D eigenvalue weighted by atomic mass is 9.96. The summed E-state index contributed by atoms with van der Waals surface area (Å²) in [6.45, 7) is 1.51. The highest BCUT2D eigenvalue weighted by Gasteiger charge is 2.53. The molecule has 2 aromatic rings. The molecule has 0 unspecified atom stereocenters. The highest BCUT2D eigenvalue weighted by molar-refractivity contribution is 6.04. The first kappa shape index (κ1) is 22.2. The van der Waals surface area contributed by atoms with Crippen molar-refractivity contribution < 1.29 is 32.3 Å². The van der Waals surface area contributed by atoms with Crippen LogP contribution < -0.4 is 5.32 Å². The van der Waals surface area contributed by atoms with Crippen LogP contribution in [-0.4, -0.2) is 45.0 Å². The average Bonchev–Trinajstić information content (AvgIpc) is 2.97. The first-order valence-corrected chi connectivity index (χ1v) is 10.2. The van der Waals surface area contributed by atoms with Crippen LogP contribution in [0.5, 0.6) is 0 Å². The number of alkyl halides is 2. The molecule has 1 aromatic carbocycles. The second-order valence-electron chi connectivity index (χ2n) is 8.27. The van der Waals surface area contributed by atoms with E-state index in [1.54, 1.807) is 0 Å². The number of carbonyl (C=O) groups is 2. The lowest BCUT2D eigenvalue weighted by Crippen LogP contribution is -2.53. The number of pyridine rings is 1. The Labute approximate surface area is 181 Å². The van der Waals surface area contributed by atoms with Crippen molar-refractivity contribution in [1.82, 2.24) is 9.88 Å². The molecule has 4 rings (SSSR count). The van der Waals surface area contributed by atoms with Crippen LogP contribution in [0.1, 0.15) is 47.3 Å². The molecule has 0 saturated carbocycles. The van der Waals surface area contributed by atoms with Crippen LogP contribution in [0.2, 0.25) is 0 Å². The maximum Gasteiger partial charge on any atom is 0.352 e. The molecule has 170 valence electrons. The van der Waals surface area contributed by atoms with Crippen LogP contribution in [0.15, 0.2) is 30.3 Å². The van der Waals surface area contributed by atoms with Crippen molar-refractivity contribution in [3.63, 3.8) is 0 Å². The van der Waals surface area contributed by atoms with Gasteiger partial charge in [0.15, 0.2) is 0 Å². The van der Waals surface area contributed by atoms with Crippen molar-refractivity contribution >= 4 is 17.5 Å². The number of benzene rings is 1. The Morgan fingerprint density at radius 3 is 2.41 bits per heavy atom. The lowest BCUT2D eigenvalue weighted by molar-refractivity contribution is -0.166. The number of hydrogen-bond acceptors (Lipinski definition) is 4. The molecule has 2 fully saturated rings. The smallest absolute Gasteiger partial charge is 0.352 e. The molecular weight excluding hydrogens is 430 g/mol. The number of rotatable bonds is 4. The van der Waals surface area contributed by atoms with Crippen LogP contribution >= 0.6 is 0 Å². The molecule has 2 N–H and O–H groups in total. The minimum absolute atomic E-state index is 0.0529. The summed E-state index contributed by atoms with van der Waals surface area (Å²) in [5, 5.41) is 12.2. The van der Waals surface area contributed by atoms with Crippen LogP contribution in [0.4, 0.5) is 23.2 Å². The number of aliphatic hydroxyl groups excluding tert-OH is 1. The molecule has 2 saturated heterocycles. The summed E-state index contributed by atoms with van der Waals surface area (Å²) >= 11 is 0. The number of nitrogens with one attached hydrogen (secondary N) is 1. The van der Waals surface area contributed by atoms with Gasteiger partial charge < -0.3 is 15.3 Å². The molecule has 3 heterocycles. The molecule has 2 aliphatic rings. The minimum atomic E-state index is -4.21. The average molecular weight is 451 g/mol. The van der Waals surface area contributed by atoms with Gasteiger partial charge in [0.05, 0.1) is 11.7 Å². The summed E-state index contributed by atoms with van der Waals surface area (Å²) in [6, 6.07) is 3.60. The predicted molar refractivity (Wildman–Crippen MR) is 106 cm³/mol. The fraction of sp³-hybridized carbons (Fsp3) is 0.409. The van der Waals surface area contributed by atoms with Gasteiger partial charge in [0.2, 0.25) is 5.95 Å². The van der Waals surface area contributed by atoms with E-state index in [1.165, 1.54) is 13.0 Å². The SMILES string of the molecule is Cc1cc(NC(=O)c2ccc(F)c(C(F)(F)C(=O)N3[C@@H]4CC[C@H]3C[C@H](O)C4)c2)cc(F)n1. The Morgan fingerprint density at radius 2 is 1.78 bits per heavy atom. The van der Waals surface area contributed by atoms with Crippen molar-refractivity contribution in [3.8, 4) is 0 Å². The van der Waals surface area contributed by atoms with E-state index in [9.17, 15) is 23.5 Å². The van der Waals surface area contributed by atoms with Gasteiger partial charge in [-0.05, 0) is 56.9 Å². The summed E-state index contributed by atoms with van der Waals surface area (Å²) in [5.41, 5.74) is -1.19. The third-order valence-electron chi connectivity index (χ3n) is 5.96. The Balaban J connectivity index is 1.60. The molecule has 2 bridgehead atoms. The lowest BCUT2D eigenvalue weighted by Gasteiger charge is -2.39. The van der Waals surface area contributed by atoms with E-state index in [1.807, 2.05) is 0 Å². The Hall–Kier alpha value is -3.01. The maximum absolute atomic E-state index is 15.2. The zero-order valence-electron chi connectivity index (χ0n) is 17.1. The van der Waals surface area contributed by atoms with Crippen molar-refractivity contribution in [3.05, 3.63) is 58.9 Å². The molecule has 32 heavy (non-hydrogen) atoms. The summed E-state index contributed by atoms with van der Waals surface area (Å²) < 4.78 is 58.1. The number of carbonyl (C=O) groups excluding carboxylic acids is 2. The number of aryl methyl sites for hydroxylation is 1. The van der Waals surface area contributed by atoms with Gasteiger partial charge >= 0.3 is 5.92 Å². The van der Waals surface area contributed by atoms with Crippen LogP contribution in [0.25, 0.3) is 0 Å². The molecule has 2 amide bonds. The summed E-state index contributed by atoms with van der Waals surface area (Å²) in [4.78, 5) is 29.9. The van der Waals surface area contributed by atoms with Gasteiger partial charge in [0, 0.05) is 35.1 Å². The normalized spacial score (nSPS) is 22.7. The summed E-state index contributed by atoms with van der Waals surface area (Å²) in [6.07, 6.45) is 0.735. The Kier molecular flexibility index (Phi) is 5.66. The third-order valence-corrected chi connectivity index (χ3v) is 5.96. The summed E-state index contributed by atoms with van der Waals surface area (Å²) in [7, 11) is 0. The van der Waals surface area contributed by atoms with E-state index in [0.717, 1.165) is 17.0 Å². The number of hydrogen-bond donors (Lipinski definition) is 2. The Morgan fingerprint density at radius 1 is 1.12 bits per heavy atom. The molecule has 6 nitrogen and oxygen atoms in total. The van der Waals surface area contributed by atoms with E-state index in [2.05, 4.69) is 10.3 Å². The van der Waals surface area contributed by atoms with E-state index in [4.69, 9.17) is 0 Å². The number of aromatic nitrogens is 1. The minimum Gasteiger partial charge on any atom is -0.393 e. The topological polar surface area (TPSA) is 82.5 Å². The molecule has 2 aliphatic heterocycles.